The van der Waals surface area contributed by atoms with E-state index in [9.17, 15) is 0 Å². The molecule has 1 aliphatic carbocycles. The molecule has 0 N–H and O–H groups in total. The molecule has 1 saturated heterocycles. The third-order valence-electron chi connectivity index (χ3n) is 3.77. The summed E-state index contributed by atoms with van der Waals surface area (Å²) in [5.74, 6) is 0. The zero-order chi connectivity index (χ0) is 10.3. The molecule has 1 aromatic carbocycles. The minimum Gasteiger partial charge on any atom is -0.297 e. The van der Waals surface area contributed by atoms with E-state index in [0.29, 0.717) is 0 Å². The van der Waals surface area contributed by atoms with Crippen LogP contribution in [0.15, 0.2) is 30.3 Å². The van der Waals surface area contributed by atoms with Crippen LogP contribution in [0, 0.1) is 7.05 Å². The van der Waals surface area contributed by atoms with Crippen LogP contribution in [0.3, 0.4) is 0 Å². The molecule has 2 radical (unpaired) electrons. The van der Waals surface area contributed by atoms with Gasteiger partial charge in [0.05, 0.1) is 0 Å². The van der Waals surface area contributed by atoms with Crippen molar-refractivity contribution in [1.29, 1.82) is 0 Å². The molecule has 0 amide bonds. The SMILES string of the molecule is [CH]N1CCC2(C=Cc3ccccc32)CC1. The van der Waals surface area contributed by atoms with Crippen molar-refractivity contribution in [2.75, 3.05) is 13.1 Å². The summed E-state index contributed by atoms with van der Waals surface area (Å²) in [5, 5.41) is 0. The first-order valence-electron chi connectivity index (χ1n) is 5.59. The lowest BCUT2D eigenvalue weighted by molar-refractivity contribution is 0.240. The quantitative estimate of drug-likeness (QED) is 0.618. The summed E-state index contributed by atoms with van der Waals surface area (Å²) < 4.78 is 0. The number of hydrogen-bond donors (Lipinski definition) is 0. The van der Waals surface area contributed by atoms with Crippen molar-refractivity contribution >= 4 is 6.08 Å². The third kappa shape index (κ3) is 1.34. The van der Waals surface area contributed by atoms with Crippen LogP contribution in [0.5, 0.6) is 0 Å². The maximum atomic E-state index is 5.81. The van der Waals surface area contributed by atoms with Crippen molar-refractivity contribution in [3.8, 4) is 0 Å². The number of nitrogens with zero attached hydrogens (tertiary/aromatic N) is 1. The van der Waals surface area contributed by atoms with E-state index < -0.39 is 0 Å². The number of hydrogen-bond acceptors (Lipinski definition) is 1. The Morgan fingerprint density at radius 3 is 2.67 bits per heavy atom. The van der Waals surface area contributed by atoms with Crippen molar-refractivity contribution in [1.82, 2.24) is 4.90 Å². The number of allylic oxidation sites excluding steroid dienone is 1. The van der Waals surface area contributed by atoms with E-state index in [2.05, 4.69) is 36.4 Å². The van der Waals surface area contributed by atoms with Gasteiger partial charge >= 0.3 is 0 Å². The summed E-state index contributed by atoms with van der Waals surface area (Å²) in [6.07, 6.45) is 6.94. The standard InChI is InChI=1S/C14H15N/c1-15-10-8-14(9-11-15)7-6-12-4-2-3-5-13(12)14/h1-7H,8-11H2. The normalized spacial score (nSPS) is 23.3. The predicted octanol–water partition coefficient (Wildman–Crippen LogP) is 2.72. The molecule has 2 aliphatic rings. The van der Waals surface area contributed by atoms with Gasteiger partial charge in [-0.25, -0.2) is 0 Å². The summed E-state index contributed by atoms with van der Waals surface area (Å²) >= 11 is 0. The first-order valence-corrected chi connectivity index (χ1v) is 5.59. The molecule has 1 heteroatoms. The maximum Gasteiger partial charge on any atom is 0.0438 e. The molecule has 76 valence electrons. The lowest BCUT2D eigenvalue weighted by Gasteiger charge is -2.37. The van der Waals surface area contributed by atoms with Crippen LogP contribution in [0.1, 0.15) is 24.0 Å². The lowest BCUT2D eigenvalue weighted by Crippen LogP contribution is -2.37. The Morgan fingerprint density at radius 2 is 1.87 bits per heavy atom. The first-order chi connectivity index (χ1) is 7.30. The second-order valence-electron chi connectivity index (χ2n) is 4.61. The van der Waals surface area contributed by atoms with Gasteiger partial charge in [-0.15, -0.1) is 0 Å². The van der Waals surface area contributed by atoms with Crippen LogP contribution in [0.4, 0.5) is 0 Å². The molecule has 15 heavy (non-hydrogen) atoms. The lowest BCUT2D eigenvalue weighted by atomic mass is 9.75. The molecule has 1 nitrogen and oxygen atoms in total. The fraction of sp³-hybridized carbons (Fsp3) is 0.357. The fourth-order valence-electron chi connectivity index (χ4n) is 2.79. The molecule has 1 spiro atoms. The molecule has 1 aromatic rings. The van der Waals surface area contributed by atoms with Crippen LogP contribution in [0.25, 0.3) is 6.08 Å². The predicted molar refractivity (Wildman–Crippen MR) is 62.3 cm³/mol. The minimum atomic E-state index is 0.284. The molecular formula is C14H15N. The van der Waals surface area contributed by atoms with Crippen LogP contribution < -0.4 is 0 Å². The van der Waals surface area contributed by atoms with Crippen LogP contribution >= 0.6 is 0 Å². The molecule has 0 bridgehead atoms. The monoisotopic (exact) mass is 197 g/mol. The van der Waals surface area contributed by atoms with Crippen LogP contribution in [0.2, 0.25) is 0 Å². The Bertz CT molecular complexity index is 398. The molecule has 0 saturated carbocycles. The number of fused-ring (bicyclic) bond motifs is 2. The van der Waals surface area contributed by atoms with Crippen molar-refractivity contribution < 1.29 is 0 Å². The Kier molecular flexibility index (Phi) is 1.96. The smallest absolute Gasteiger partial charge is 0.0438 e. The van der Waals surface area contributed by atoms with Gasteiger partial charge in [0.2, 0.25) is 0 Å². The van der Waals surface area contributed by atoms with Crippen molar-refractivity contribution in [3.05, 3.63) is 48.5 Å². The summed E-state index contributed by atoms with van der Waals surface area (Å²) in [6, 6.07) is 8.72. The molecule has 3 rings (SSSR count). The average Bonchev–Trinajstić information content (AvgIpc) is 2.63. The Hall–Kier alpha value is -1.08. The van der Waals surface area contributed by atoms with Gasteiger partial charge in [0.1, 0.15) is 0 Å². The van der Waals surface area contributed by atoms with Gasteiger partial charge in [-0.3, -0.25) is 4.90 Å². The second-order valence-corrected chi connectivity index (χ2v) is 4.61. The topological polar surface area (TPSA) is 3.24 Å². The number of rotatable bonds is 0. The number of piperidine rings is 1. The minimum absolute atomic E-state index is 0.284. The molecule has 0 atom stereocenters. The van der Waals surface area contributed by atoms with Gasteiger partial charge < -0.3 is 0 Å². The van der Waals surface area contributed by atoms with Crippen molar-refractivity contribution in [2.45, 2.75) is 18.3 Å². The van der Waals surface area contributed by atoms with E-state index >= 15 is 0 Å². The van der Waals surface area contributed by atoms with Crippen LogP contribution in [-0.4, -0.2) is 18.0 Å². The van der Waals surface area contributed by atoms with Gasteiger partial charge in [-0.2, -0.15) is 0 Å². The third-order valence-corrected chi connectivity index (χ3v) is 3.77. The van der Waals surface area contributed by atoms with E-state index in [4.69, 9.17) is 7.05 Å². The van der Waals surface area contributed by atoms with E-state index in [1.807, 2.05) is 4.90 Å². The van der Waals surface area contributed by atoms with E-state index in [-0.39, 0.29) is 5.41 Å². The maximum absolute atomic E-state index is 5.81. The van der Waals surface area contributed by atoms with Gasteiger partial charge in [-0.1, -0.05) is 36.4 Å². The highest BCUT2D eigenvalue weighted by molar-refractivity contribution is 5.65. The molecule has 1 heterocycles. The fourth-order valence-corrected chi connectivity index (χ4v) is 2.79. The Labute approximate surface area is 91.4 Å². The van der Waals surface area contributed by atoms with Gasteiger partial charge in [-0.05, 0) is 37.1 Å². The summed E-state index contributed by atoms with van der Waals surface area (Å²) in [4.78, 5) is 1.93. The molecule has 1 aliphatic heterocycles. The second kappa shape index (κ2) is 3.21. The Balaban J connectivity index is 1.99. The summed E-state index contributed by atoms with van der Waals surface area (Å²) in [7, 11) is 5.81. The largest absolute Gasteiger partial charge is 0.297 e. The van der Waals surface area contributed by atoms with Gasteiger partial charge in [0.25, 0.3) is 0 Å². The van der Waals surface area contributed by atoms with E-state index in [1.165, 1.54) is 11.1 Å². The van der Waals surface area contributed by atoms with E-state index in [1.54, 1.807) is 0 Å². The zero-order valence-corrected chi connectivity index (χ0v) is 8.82. The number of likely N-dealkylation sites (tertiary alicyclic amines) is 1. The highest BCUT2D eigenvalue weighted by atomic mass is 15.1. The van der Waals surface area contributed by atoms with Crippen LogP contribution in [-0.2, 0) is 5.41 Å². The first kappa shape index (κ1) is 9.17. The van der Waals surface area contributed by atoms with Crippen molar-refractivity contribution in [2.24, 2.45) is 0 Å². The number of benzene rings is 1. The highest BCUT2D eigenvalue weighted by Crippen LogP contribution is 2.43. The highest BCUT2D eigenvalue weighted by Gasteiger charge is 2.36. The zero-order valence-electron chi connectivity index (χ0n) is 8.82. The van der Waals surface area contributed by atoms with Gasteiger partial charge in [0, 0.05) is 12.5 Å². The molecular weight excluding hydrogens is 182 g/mol. The Morgan fingerprint density at radius 1 is 1.13 bits per heavy atom. The molecule has 0 unspecified atom stereocenters. The summed E-state index contributed by atoms with van der Waals surface area (Å²) in [6.45, 7) is 2.00. The van der Waals surface area contributed by atoms with Crippen molar-refractivity contribution in [3.63, 3.8) is 0 Å². The summed E-state index contributed by atoms with van der Waals surface area (Å²) in [5.41, 5.74) is 3.17. The molecule has 0 aromatic heterocycles. The van der Waals surface area contributed by atoms with Gasteiger partial charge in [0.15, 0.2) is 0 Å². The molecule has 1 fully saturated rings. The average molecular weight is 197 g/mol. The van der Waals surface area contributed by atoms with E-state index in [0.717, 1.165) is 25.9 Å².